The Kier molecular flexibility index (Phi) is 4.92. The molecular weight excluding hydrogens is 312 g/mol. The standard InChI is InChI=1S/C19H28N6/c1-4-5-10-15-24-16-17(25(15)12-19(2,3)11-22-21)13-8-6-7-9-14(13)23-18(16)20/h6-9,22H,4-5,10-12,21H2,1-3H3,(H2,20,23). The first kappa shape index (κ1) is 17.6. The van der Waals surface area contributed by atoms with Crippen molar-refractivity contribution >= 4 is 27.8 Å². The molecule has 5 N–H and O–H groups in total. The van der Waals surface area contributed by atoms with Crippen molar-refractivity contribution in [2.45, 2.75) is 46.6 Å². The molecule has 134 valence electrons. The highest BCUT2D eigenvalue weighted by molar-refractivity contribution is 6.06. The number of benzene rings is 1. The lowest BCUT2D eigenvalue weighted by atomic mass is 9.93. The molecule has 0 unspecified atom stereocenters. The van der Waals surface area contributed by atoms with Gasteiger partial charge in [-0.3, -0.25) is 11.3 Å². The Morgan fingerprint density at radius 2 is 1.96 bits per heavy atom. The molecule has 0 aliphatic carbocycles. The zero-order valence-electron chi connectivity index (χ0n) is 15.3. The molecule has 0 radical (unpaired) electrons. The molecule has 3 rings (SSSR count). The van der Waals surface area contributed by atoms with Gasteiger partial charge in [-0.15, -0.1) is 0 Å². The fourth-order valence-electron chi connectivity index (χ4n) is 3.36. The van der Waals surface area contributed by atoms with E-state index in [0.717, 1.165) is 60.1 Å². The molecule has 1 aromatic carbocycles. The number of unbranched alkanes of at least 4 members (excludes halogenated alkanes) is 1. The predicted molar refractivity (Wildman–Crippen MR) is 104 cm³/mol. The van der Waals surface area contributed by atoms with E-state index in [1.165, 1.54) is 0 Å². The minimum absolute atomic E-state index is 0.0114. The normalized spacial score (nSPS) is 12.3. The maximum absolute atomic E-state index is 6.24. The summed E-state index contributed by atoms with van der Waals surface area (Å²) in [5, 5.41) is 1.10. The number of aryl methyl sites for hydroxylation is 1. The van der Waals surface area contributed by atoms with Gasteiger partial charge < -0.3 is 10.3 Å². The Labute approximate surface area is 148 Å². The van der Waals surface area contributed by atoms with Gasteiger partial charge in [0.25, 0.3) is 0 Å². The fourth-order valence-corrected chi connectivity index (χ4v) is 3.36. The summed E-state index contributed by atoms with van der Waals surface area (Å²) in [6.07, 6.45) is 3.17. The second kappa shape index (κ2) is 6.98. The topological polar surface area (TPSA) is 94.8 Å². The molecule has 6 nitrogen and oxygen atoms in total. The van der Waals surface area contributed by atoms with Gasteiger partial charge in [0.1, 0.15) is 11.3 Å². The number of pyridine rings is 1. The maximum atomic E-state index is 6.24. The third kappa shape index (κ3) is 3.45. The van der Waals surface area contributed by atoms with Crippen LogP contribution in [0.1, 0.15) is 39.4 Å². The van der Waals surface area contributed by atoms with E-state index >= 15 is 0 Å². The second-order valence-corrected chi connectivity index (χ2v) is 7.47. The Balaban J connectivity index is 2.25. The summed E-state index contributed by atoms with van der Waals surface area (Å²) in [5.41, 5.74) is 11.8. The molecule has 0 spiro atoms. The molecule has 0 fully saturated rings. The largest absolute Gasteiger partial charge is 0.382 e. The summed E-state index contributed by atoms with van der Waals surface area (Å²) in [6.45, 7) is 8.14. The summed E-state index contributed by atoms with van der Waals surface area (Å²) in [4.78, 5) is 9.41. The average Bonchev–Trinajstić information content (AvgIpc) is 2.91. The van der Waals surface area contributed by atoms with E-state index in [1.54, 1.807) is 0 Å². The number of hydrazine groups is 1. The van der Waals surface area contributed by atoms with Gasteiger partial charge in [-0.25, -0.2) is 9.97 Å². The molecule has 0 aliphatic heterocycles. The number of nitrogen functional groups attached to an aromatic ring is 1. The third-order valence-corrected chi connectivity index (χ3v) is 4.61. The number of nitrogens with zero attached hydrogens (tertiary/aromatic N) is 3. The summed E-state index contributed by atoms with van der Waals surface area (Å²) in [6, 6.07) is 8.12. The van der Waals surface area contributed by atoms with Gasteiger partial charge in [-0.1, -0.05) is 45.4 Å². The van der Waals surface area contributed by atoms with Crippen molar-refractivity contribution in [2.24, 2.45) is 11.3 Å². The van der Waals surface area contributed by atoms with Crippen LogP contribution in [0.15, 0.2) is 24.3 Å². The number of nitrogens with two attached hydrogens (primary N) is 2. The number of nitrogens with one attached hydrogen (secondary N) is 1. The van der Waals surface area contributed by atoms with Gasteiger partial charge >= 0.3 is 0 Å². The Morgan fingerprint density at radius 3 is 2.68 bits per heavy atom. The van der Waals surface area contributed by atoms with Gasteiger partial charge in [-0.05, 0) is 17.9 Å². The molecule has 2 heterocycles. The first-order valence-electron chi connectivity index (χ1n) is 8.93. The van der Waals surface area contributed by atoms with E-state index in [2.05, 4.69) is 41.8 Å². The van der Waals surface area contributed by atoms with Crippen LogP contribution in [0.25, 0.3) is 21.9 Å². The van der Waals surface area contributed by atoms with Crippen molar-refractivity contribution in [3.05, 3.63) is 30.1 Å². The molecule has 0 saturated carbocycles. The molecule has 6 heteroatoms. The van der Waals surface area contributed by atoms with Crippen LogP contribution in [-0.4, -0.2) is 21.1 Å². The lowest BCUT2D eigenvalue weighted by molar-refractivity contribution is 0.291. The van der Waals surface area contributed by atoms with Crippen LogP contribution >= 0.6 is 0 Å². The number of hydrogen-bond donors (Lipinski definition) is 3. The second-order valence-electron chi connectivity index (χ2n) is 7.47. The van der Waals surface area contributed by atoms with Crippen molar-refractivity contribution in [1.29, 1.82) is 0 Å². The number of imidazole rings is 1. The van der Waals surface area contributed by atoms with Gasteiger partial charge in [0.15, 0.2) is 5.82 Å². The van der Waals surface area contributed by atoms with E-state index in [0.29, 0.717) is 5.82 Å². The van der Waals surface area contributed by atoms with E-state index in [1.807, 2.05) is 18.2 Å². The molecule has 0 bridgehead atoms. The fraction of sp³-hybridized carbons (Fsp3) is 0.474. The summed E-state index contributed by atoms with van der Waals surface area (Å²) in [5.74, 6) is 7.16. The maximum Gasteiger partial charge on any atom is 0.152 e. The number of aromatic nitrogens is 3. The van der Waals surface area contributed by atoms with Gasteiger partial charge in [0.2, 0.25) is 0 Å². The van der Waals surface area contributed by atoms with Crippen LogP contribution in [0.4, 0.5) is 5.82 Å². The number of fused-ring (bicyclic) bond motifs is 3. The quantitative estimate of drug-likeness (QED) is 0.454. The van der Waals surface area contributed by atoms with Crippen LogP contribution in [-0.2, 0) is 13.0 Å². The summed E-state index contributed by atoms with van der Waals surface area (Å²) in [7, 11) is 0. The molecule has 0 aliphatic rings. The van der Waals surface area contributed by atoms with Crippen LogP contribution in [0.2, 0.25) is 0 Å². The monoisotopic (exact) mass is 340 g/mol. The molecule has 25 heavy (non-hydrogen) atoms. The van der Waals surface area contributed by atoms with Crippen molar-refractivity contribution in [1.82, 2.24) is 20.0 Å². The number of hydrogen-bond acceptors (Lipinski definition) is 5. The van der Waals surface area contributed by atoms with Crippen LogP contribution in [0, 0.1) is 5.41 Å². The Hall–Kier alpha value is -2.18. The number of rotatable bonds is 7. The van der Waals surface area contributed by atoms with Gasteiger partial charge in [0.05, 0.1) is 11.0 Å². The lowest BCUT2D eigenvalue weighted by Crippen LogP contribution is -2.37. The van der Waals surface area contributed by atoms with Crippen LogP contribution in [0.5, 0.6) is 0 Å². The Morgan fingerprint density at radius 1 is 1.20 bits per heavy atom. The summed E-state index contributed by atoms with van der Waals surface area (Å²) < 4.78 is 2.32. The highest BCUT2D eigenvalue weighted by Gasteiger charge is 2.23. The molecule has 3 aromatic rings. The summed E-state index contributed by atoms with van der Waals surface area (Å²) >= 11 is 0. The Bertz CT molecular complexity index is 880. The third-order valence-electron chi connectivity index (χ3n) is 4.61. The van der Waals surface area contributed by atoms with Crippen molar-refractivity contribution < 1.29 is 0 Å². The highest BCUT2D eigenvalue weighted by atomic mass is 15.2. The number of para-hydroxylation sites is 1. The van der Waals surface area contributed by atoms with Crippen molar-refractivity contribution in [2.75, 3.05) is 12.3 Å². The highest BCUT2D eigenvalue weighted by Crippen LogP contribution is 2.31. The van der Waals surface area contributed by atoms with E-state index in [9.17, 15) is 0 Å². The minimum atomic E-state index is -0.0114. The number of anilines is 1. The molecule has 0 saturated heterocycles. The van der Waals surface area contributed by atoms with Crippen molar-refractivity contribution in [3.8, 4) is 0 Å². The average molecular weight is 340 g/mol. The zero-order chi connectivity index (χ0) is 18.0. The zero-order valence-corrected chi connectivity index (χ0v) is 15.3. The van der Waals surface area contributed by atoms with Crippen LogP contribution < -0.4 is 17.0 Å². The molecule has 0 atom stereocenters. The molecular formula is C19H28N6. The van der Waals surface area contributed by atoms with Crippen molar-refractivity contribution in [3.63, 3.8) is 0 Å². The minimum Gasteiger partial charge on any atom is -0.382 e. The first-order valence-corrected chi connectivity index (χ1v) is 8.93. The predicted octanol–water partition coefficient (Wildman–Crippen LogP) is 3.00. The first-order chi connectivity index (χ1) is 12.0. The van der Waals surface area contributed by atoms with Crippen LogP contribution in [0.3, 0.4) is 0 Å². The molecule has 2 aromatic heterocycles. The van der Waals surface area contributed by atoms with E-state index < -0.39 is 0 Å². The van der Waals surface area contributed by atoms with Gasteiger partial charge in [0, 0.05) is 24.9 Å². The van der Waals surface area contributed by atoms with E-state index in [4.69, 9.17) is 16.6 Å². The van der Waals surface area contributed by atoms with E-state index in [-0.39, 0.29) is 5.41 Å². The molecule has 0 amide bonds. The smallest absolute Gasteiger partial charge is 0.152 e. The van der Waals surface area contributed by atoms with Gasteiger partial charge in [-0.2, -0.15) is 0 Å². The SMILES string of the molecule is CCCCc1nc2c(N)nc3ccccc3c2n1CC(C)(C)CNN. The lowest BCUT2D eigenvalue weighted by Gasteiger charge is -2.26.